The van der Waals surface area contributed by atoms with Gasteiger partial charge in [-0.2, -0.15) is 12.6 Å². The van der Waals surface area contributed by atoms with Crippen molar-refractivity contribution in [3.63, 3.8) is 0 Å². The fourth-order valence-electron chi connectivity index (χ4n) is 1.19. The highest BCUT2D eigenvalue weighted by molar-refractivity contribution is 8.00. The van der Waals surface area contributed by atoms with Crippen molar-refractivity contribution in [3.05, 3.63) is 29.8 Å². The number of benzene rings is 1. The number of hydrogen-bond acceptors (Lipinski definition) is 4. The molecule has 0 saturated heterocycles. The van der Waals surface area contributed by atoms with E-state index in [-0.39, 0.29) is 11.2 Å². The third-order valence-electron chi connectivity index (χ3n) is 2.04. The van der Waals surface area contributed by atoms with E-state index in [2.05, 4.69) is 12.6 Å². The average Bonchev–Trinajstić information content (AvgIpc) is 2.30. The maximum atomic E-state index is 11.4. The van der Waals surface area contributed by atoms with Crippen molar-refractivity contribution in [2.45, 2.75) is 29.7 Å². The Hall–Kier alpha value is -0.610. The van der Waals surface area contributed by atoms with Crippen molar-refractivity contribution in [2.75, 3.05) is 6.61 Å². The number of rotatable bonds is 5. The number of carbonyl (C=O) groups excluding carboxylic acids is 1. The van der Waals surface area contributed by atoms with Gasteiger partial charge >= 0.3 is 5.97 Å². The van der Waals surface area contributed by atoms with Crippen LogP contribution in [-0.2, 0) is 15.3 Å². The van der Waals surface area contributed by atoms with Crippen molar-refractivity contribution in [1.29, 1.82) is 0 Å². The second-order valence-corrected chi connectivity index (χ2v) is 5.04. The maximum Gasteiger partial charge on any atom is 0.319 e. The van der Waals surface area contributed by atoms with Gasteiger partial charge in [-0.05, 0) is 31.5 Å². The van der Waals surface area contributed by atoms with E-state index in [1.54, 1.807) is 0 Å². The average molecular weight is 256 g/mol. The minimum Gasteiger partial charge on any atom is -0.465 e. The van der Waals surface area contributed by atoms with E-state index in [1.807, 2.05) is 38.1 Å². The molecule has 0 bridgehead atoms. The maximum absolute atomic E-state index is 11.4. The van der Waals surface area contributed by atoms with Crippen LogP contribution >= 0.6 is 24.4 Å². The fraction of sp³-hybridized carbons (Fsp3) is 0.417. The molecule has 0 heterocycles. The predicted molar refractivity (Wildman–Crippen MR) is 71.1 cm³/mol. The van der Waals surface area contributed by atoms with Gasteiger partial charge in [0.2, 0.25) is 0 Å². The van der Waals surface area contributed by atoms with Crippen LogP contribution in [0.15, 0.2) is 29.2 Å². The largest absolute Gasteiger partial charge is 0.465 e. The molecule has 0 aliphatic rings. The molecule has 1 aromatic carbocycles. The van der Waals surface area contributed by atoms with Crippen LogP contribution in [0.1, 0.15) is 19.4 Å². The van der Waals surface area contributed by atoms with Crippen molar-refractivity contribution in [2.24, 2.45) is 0 Å². The summed E-state index contributed by atoms with van der Waals surface area (Å²) in [5.74, 6) is 0.573. The van der Waals surface area contributed by atoms with E-state index >= 15 is 0 Å². The van der Waals surface area contributed by atoms with Crippen LogP contribution in [0, 0.1) is 0 Å². The van der Waals surface area contributed by atoms with Gasteiger partial charge in [-0.15, -0.1) is 11.8 Å². The number of carbonyl (C=O) groups is 1. The normalized spacial score (nSPS) is 12.2. The molecule has 1 unspecified atom stereocenters. The first-order chi connectivity index (χ1) is 7.67. The van der Waals surface area contributed by atoms with E-state index in [0.29, 0.717) is 6.61 Å². The van der Waals surface area contributed by atoms with Gasteiger partial charge in [-0.1, -0.05) is 12.1 Å². The zero-order chi connectivity index (χ0) is 12.0. The SMILES string of the molecule is CCOC(=O)C(C)Sc1ccc(CS)cc1. The highest BCUT2D eigenvalue weighted by atomic mass is 32.2. The molecule has 0 aromatic heterocycles. The highest BCUT2D eigenvalue weighted by Gasteiger charge is 2.14. The Morgan fingerprint density at radius 1 is 1.44 bits per heavy atom. The zero-order valence-corrected chi connectivity index (χ0v) is 11.2. The molecule has 1 rings (SSSR count). The summed E-state index contributed by atoms with van der Waals surface area (Å²) in [5, 5.41) is -0.165. The summed E-state index contributed by atoms with van der Waals surface area (Å²) in [4.78, 5) is 12.5. The molecule has 1 aromatic rings. The second-order valence-electron chi connectivity index (χ2n) is 3.31. The molecule has 4 heteroatoms. The first-order valence-corrected chi connectivity index (χ1v) is 6.71. The van der Waals surface area contributed by atoms with Gasteiger partial charge in [-0.3, -0.25) is 4.79 Å². The molecule has 0 spiro atoms. The summed E-state index contributed by atoms with van der Waals surface area (Å²) >= 11 is 5.71. The molecule has 0 amide bonds. The Kier molecular flexibility index (Phi) is 5.77. The summed E-state index contributed by atoms with van der Waals surface area (Å²) in [7, 11) is 0. The molecule has 0 radical (unpaired) electrons. The van der Waals surface area contributed by atoms with Gasteiger partial charge in [0.1, 0.15) is 5.25 Å². The number of thiol groups is 1. The summed E-state index contributed by atoms with van der Waals surface area (Å²) in [6.45, 7) is 4.11. The van der Waals surface area contributed by atoms with Gasteiger partial charge in [0, 0.05) is 10.6 Å². The van der Waals surface area contributed by atoms with E-state index in [9.17, 15) is 4.79 Å². The fourth-order valence-corrected chi connectivity index (χ4v) is 2.26. The molecule has 0 fully saturated rings. The molecular weight excluding hydrogens is 240 g/mol. The molecule has 1 atom stereocenters. The van der Waals surface area contributed by atoms with Crippen molar-refractivity contribution in [3.8, 4) is 0 Å². The zero-order valence-electron chi connectivity index (χ0n) is 9.47. The van der Waals surface area contributed by atoms with Crippen molar-refractivity contribution in [1.82, 2.24) is 0 Å². The molecule has 0 N–H and O–H groups in total. The van der Waals surface area contributed by atoms with Gasteiger partial charge in [0.15, 0.2) is 0 Å². The lowest BCUT2D eigenvalue weighted by Crippen LogP contribution is -2.16. The lowest BCUT2D eigenvalue weighted by molar-refractivity contribution is -0.142. The summed E-state index contributed by atoms with van der Waals surface area (Å²) in [5.41, 5.74) is 1.18. The standard InChI is InChI=1S/C12H16O2S2/c1-3-14-12(13)9(2)16-11-6-4-10(8-15)5-7-11/h4-7,9,15H,3,8H2,1-2H3. The third kappa shape index (κ3) is 4.10. The Morgan fingerprint density at radius 3 is 2.56 bits per heavy atom. The lowest BCUT2D eigenvalue weighted by Gasteiger charge is -2.10. The number of hydrogen-bond donors (Lipinski definition) is 1. The Morgan fingerprint density at radius 2 is 2.06 bits per heavy atom. The summed E-state index contributed by atoms with van der Waals surface area (Å²) < 4.78 is 4.95. The van der Waals surface area contributed by atoms with Crippen LogP contribution < -0.4 is 0 Å². The number of ether oxygens (including phenoxy) is 1. The molecular formula is C12H16O2S2. The summed E-state index contributed by atoms with van der Waals surface area (Å²) in [6, 6.07) is 8.05. The molecule has 0 aliphatic heterocycles. The molecule has 0 aliphatic carbocycles. The van der Waals surface area contributed by atoms with Crippen LogP contribution in [0.2, 0.25) is 0 Å². The van der Waals surface area contributed by atoms with Gasteiger partial charge in [-0.25, -0.2) is 0 Å². The minimum absolute atomic E-state index is 0.161. The van der Waals surface area contributed by atoms with Crippen LogP contribution in [-0.4, -0.2) is 17.8 Å². The quantitative estimate of drug-likeness (QED) is 0.498. The number of thioether (sulfide) groups is 1. The topological polar surface area (TPSA) is 26.3 Å². The van der Waals surface area contributed by atoms with E-state index in [0.717, 1.165) is 10.6 Å². The highest BCUT2D eigenvalue weighted by Crippen LogP contribution is 2.24. The second kappa shape index (κ2) is 6.86. The Bertz CT molecular complexity index is 335. The van der Waals surface area contributed by atoms with Crippen LogP contribution in [0.3, 0.4) is 0 Å². The summed E-state index contributed by atoms with van der Waals surface area (Å²) in [6.07, 6.45) is 0. The first kappa shape index (κ1) is 13.5. The minimum atomic E-state index is -0.165. The Balaban J connectivity index is 2.55. The van der Waals surface area contributed by atoms with Crippen LogP contribution in [0.4, 0.5) is 0 Å². The van der Waals surface area contributed by atoms with Gasteiger partial charge in [0.25, 0.3) is 0 Å². The molecule has 2 nitrogen and oxygen atoms in total. The molecule has 16 heavy (non-hydrogen) atoms. The predicted octanol–water partition coefficient (Wildman–Crippen LogP) is 3.16. The molecule has 88 valence electrons. The van der Waals surface area contributed by atoms with E-state index in [1.165, 1.54) is 17.3 Å². The Labute approximate surface area is 106 Å². The smallest absolute Gasteiger partial charge is 0.319 e. The van der Waals surface area contributed by atoms with Crippen LogP contribution in [0.5, 0.6) is 0 Å². The van der Waals surface area contributed by atoms with Gasteiger partial charge < -0.3 is 4.74 Å². The third-order valence-corrected chi connectivity index (χ3v) is 3.49. The van der Waals surface area contributed by atoms with Gasteiger partial charge in [0.05, 0.1) is 6.61 Å². The van der Waals surface area contributed by atoms with Crippen molar-refractivity contribution >= 4 is 30.4 Å². The lowest BCUT2D eigenvalue weighted by atomic mass is 10.2. The van der Waals surface area contributed by atoms with E-state index in [4.69, 9.17) is 4.74 Å². The number of esters is 1. The first-order valence-electron chi connectivity index (χ1n) is 5.20. The van der Waals surface area contributed by atoms with E-state index < -0.39 is 0 Å². The van der Waals surface area contributed by atoms with Crippen molar-refractivity contribution < 1.29 is 9.53 Å². The van der Waals surface area contributed by atoms with Crippen LogP contribution in [0.25, 0.3) is 0 Å². The molecule has 0 saturated carbocycles. The monoisotopic (exact) mass is 256 g/mol.